The van der Waals surface area contributed by atoms with Crippen LogP contribution >= 0.6 is 22.7 Å². The van der Waals surface area contributed by atoms with E-state index in [1.165, 1.54) is 12.1 Å². The van der Waals surface area contributed by atoms with E-state index in [0.29, 0.717) is 0 Å². The second-order valence-corrected chi connectivity index (χ2v) is 5.62. The quantitative estimate of drug-likeness (QED) is 0.528. The molecule has 0 N–H and O–H groups in total. The molecule has 2 aromatic heterocycles. The molecule has 2 heterocycles. The monoisotopic (exact) mass is 288 g/mol. The number of benzene rings is 1. The molecule has 3 aromatic rings. The van der Waals surface area contributed by atoms with Gasteiger partial charge < -0.3 is 0 Å². The molecule has 3 rings (SSSR count). The highest BCUT2D eigenvalue weighted by Gasteiger charge is 2.09. The fourth-order valence-electron chi connectivity index (χ4n) is 1.67. The minimum absolute atomic E-state index is 0.0949. The molecular formula is C13H8N2O2S2. The molecule has 0 saturated heterocycles. The van der Waals surface area contributed by atoms with E-state index in [-0.39, 0.29) is 5.69 Å². The minimum Gasteiger partial charge on any atom is -0.258 e. The molecule has 0 fully saturated rings. The van der Waals surface area contributed by atoms with E-state index in [0.717, 1.165) is 21.1 Å². The Bertz CT molecular complexity index is 703. The predicted molar refractivity (Wildman–Crippen MR) is 77.5 cm³/mol. The van der Waals surface area contributed by atoms with E-state index in [1.807, 2.05) is 22.9 Å². The second kappa shape index (κ2) is 4.91. The molecule has 1 aromatic carbocycles. The van der Waals surface area contributed by atoms with Gasteiger partial charge >= 0.3 is 0 Å². The Morgan fingerprint density at radius 2 is 1.89 bits per heavy atom. The van der Waals surface area contributed by atoms with Crippen molar-refractivity contribution in [3.8, 4) is 21.1 Å². The molecule has 0 aliphatic heterocycles. The van der Waals surface area contributed by atoms with Crippen LogP contribution in [0, 0.1) is 10.1 Å². The summed E-state index contributed by atoms with van der Waals surface area (Å²) in [5, 5.41) is 15.6. The van der Waals surface area contributed by atoms with Crippen LogP contribution in [0.4, 0.5) is 5.69 Å². The first-order valence-corrected chi connectivity index (χ1v) is 7.24. The first kappa shape index (κ1) is 12.0. The van der Waals surface area contributed by atoms with Gasteiger partial charge in [-0.2, -0.15) is 0 Å². The highest BCUT2D eigenvalue weighted by atomic mass is 32.1. The molecule has 0 saturated carbocycles. The van der Waals surface area contributed by atoms with Gasteiger partial charge in [-0.1, -0.05) is 6.07 Å². The average molecular weight is 288 g/mol. The van der Waals surface area contributed by atoms with Gasteiger partial charge in [0, 0.05) is 23.1 Å². The van der Waals surface area contributed by atoms with Crippen molar-refractivity contribution >= 4 is 28.4 Å². The van der Waals surface area contributed by atoms with Gasteiger partial charge in [-0.25, -0.2) is 4.98 Å². The maximum atomic E-state index is 10.6. The van der Waals surface area contributed by atoms with E-state index in [4.69, 9.17) is 0 Å². The molecule has 0 aliphatic carbocycles. The van der Waals surface area contributed by atoms with Crippen LogP contribution in [0.25, 0.3) is 21.1 Å². The van der Waals surface area contributed by atoms with E-state index in [9.17, 15) is 10.1 Å². The molecule has 4 nitrogen and oxygen atoms in total. The Balaban J connectivity index is 1.92. The Kier molecular flexibility index (Phi) is 3.10. The standard InChI is InChI=1S/C13H8N2O2S2/c16-15(17)10-5-3-9(4-6-10)11-8-19-13(14-11)12-2-1-7-18-12/h1-8H. The largest absolute Gasteiger partial charge is 0.269 e. The first-order chi connectivity index (χ1) is 9.24. The van der Waals surface area contributed by atoms with Crippen molar-refractivity contribution in [1.82, 2.24) is 4.98 Å². The van der Waals surface area contributed by atoms with Crippen LogP contribution in [0.3, 0.4) is 0 Å². The molecule has 0 spiro atoms. The van der Waals surface area contributed by atoms with E-state index in [2.05, 4.69) is 4.98 Å². The van der Waals surface area contributed by atoms with Gasteiger partial charge in [0.05, 0.1) is 15.5 Å². The van der Waals surface area contributed by atoms with Crippen molar-refractivity contribution in [2.24, 2.45) is 0 Å². The van der Waals surface area contributed by atoms with Crippen molar-refractivity contribution in [3.05, 3.63) is 57.3 Å². The SMILES string of the molecule is O=[N+]([O-])c1ccc(-c2csc(-c3cccs3)n2)cc1. The van der Waals surface area contributed by atoms with E-state index in [1.54, 1.807) is 34.8 Å². The number of nitro groups is 1. The summed E-state index contributed by atoms with van der Waals surface area (Å²) in [6, 6.07) is 10.5. The molecule has 0 amide bonds. The lowest BCUT2D eigenvalue weighted by atomic mass is 10.1. The summed E-state index contributed by atoms with van der Waals surface area (Å²) in [5.41, 5.74) is 1.84. The fourth-order valence-corrected chi connectivity index (χ4v) is 3.32. The zero-order chi connectivity index (χ0) is 13.2. The molecule has 19 heavy (non-hydrogen) atoms. The number of rotatable bonds is 3. The van der Waals surface area contributed by atoms with Crippen molar-refractivity contribution in [2.75, 3.05) is 0 Å². The highest BCUT2D eigenvalue weighted by Crippen LogP contribution is 2.31. The van der Waals surface area contributed by atoms with Gasteiger partial charge in [-0.15, -0.1) is 22.7 Å². The number of hydrogen-bond donors (Lipinski definition) is 0. The van der Waals surface area contributed by atoms with Crippen molar-refractivity contribution in [3.63, 3.8) is 0 Å². The summed E-state index contributed by atoms with van der Waals surface area (Å²) in [6.45, 7) is 0. The summed E-state index contributed by atoms with van der Waals surface area (Å²) in [7, 11) is 0. The third kappa shape index (κ3) is 2.40. The second-order valence-electron chi connectivity index (χ2n) is 3.82. The fraction of sp³-hybridized carbons (Fsp3) is 0. The maximum Gasteiger partial charge on any atom is 0.269 e. The van der Waals surface area contributed by atoms with Crippen LogP contribution in [-0.2, 0) is 0 Å². The van der Waals surface area contributed by atoms with Crippen LogP contribution < -0.4 is 0 Å². The van der Waals surface area contributed by atoms with Crippen molar-refractivity contribution in [1.29, 1.82) is 0 Å². The van der Waals surface area contributed by atoms with Gasteiger partial charge in [0.2, 0.25) is 0 Å². The average Bonchev–Trinajstić information content (AvgIpc) is 3.10. The predicted octanol–water partition coefficient (Wildman–Crippen LogP) is 4.45. The molecule has 0 atom stereocenters. The summed E-state index contributed by atoms with van der Waals surface area (Å²) in [6.07, 6.45) is 0. The molecule has 0 bridgehead atoms. The van der Waals surface area contributed by atoms with Gasteiger partial charge in [-0.05, 0) is 23.6 Å². The summed E-state index contributed by atoms with van der Waals surface area (Å²) in [4.78, 5) is 15.9. The zero-order valence-electron chi connectivity index (χ0n) is 9.65. The molecule has 0 aliphatic rings. The number of aromatic nitrogens is 1. The van der Waals surface area contributed by atoms with Gasteiger partial charge in [0.25, 0.3) is 5.69 Å². The Labute approximate surface area is 117 Å². The lowest BCUT2D eigenvalue weighted by Crippen LogP contribution is -1.87. The normalized spacial score (nSPS) is 10.5. The summed E-state index contributed by atoms with van der Waals surface area (Å²) < 4.78 is 0. The van der Waals surface area contributed by atoms with Gasteiger partial charge in [-0.3, -0.25) is 10.1 Å². The Morgan fingerprint density at radius 3 is 2.53 bits per heavy atom. The number of non-ortho nitro benzene ring substituents is 1. The summed E-state index contributed by atoms with van der Waals surface area (Å²) in [5.74, 6) is 0. The zero-order valence-corrected chi connectivity index (χ0v) is 11.3. The minimum atomic E-state index is -0.401. The Morgan fingerprint density at radius 1 is 1.11 bits per heavy atom. The molecule has 6 heteroatoms. The van der Waals surface area contributed by atoms with Crippen molar-refractivity contribution in [2.45, 2.75) is 0 Å². The maximum absolute atomic E-state index is 10.6. The topological polar surface area (TPSA) is 56.0 Å². The van der Waals surface area contributed by atoms with Crippen LogP contribution in [0.5, 0.6) is 0 Å². The first-order valence-electron chi connectivity index (χ1n) is 5.48. The van der Waals surface area contributed by atoms with Crippen LogP contribution in [0.15, 0.2) is 47.2 Å². The summed E-state index contributed by atoms with van der Waals surface area (Å²) >= 11 is 3.23. The Hall–Kier alpha value is -2.05. The van der Waals surface area contributed by atoms with Crippen LogP contribution in [-0.4, -0.2) is 9.91 Å². The smallest absolute Gasteiger partial charge is 0.258 e. The third-order valence-electron chi connectivity index (χ3n) is 2.61. The van der Waals surface area contributed by atoms with Gasteiger partial charge in [0.1, 0.15) is 5.01 Å². The molecule has 0 unspecified atom stereocenters. The van der Waals surface area contributed by atoms with Crippen LogP contribution in [0.1, 0.15) is 0 Å². The van der Waals surface area contributed by atoms with E-state index >= 15 is 0 Å². The number of thiophene rings is 1. The number of hydrogen-bond acceptors (Lipinski definition) is 5. The number of thiazole rings is 1. The molecule has 94 valence electrons. The highest BCUT2D eigenvalue weighted by molar-refractivity contribution is 7.20. The lowest BCUT2D eigenvalue weighted by molar-refractivity contribution is -0.384. The molecular weight excluding hydrogens is 280 g/mol. The van der Waals surface area contributed by atoms with Crippen LogP contribution in [0.2, 0.25) is 0 Å². The van der Waals surface area contributed by atoms with Crippen molar-refractivity contribution < 1.29 is 4.92 Å². The van der Waals surface area contributed by atoms with E-state index < -0.39 is 4.92 Å². The van der Waals surface area contributed by atoms with Gasteiger partial charge in [0.15, 0.2) is 0 Å². The number of nitrogens with zero attached hydrogens (tertiary/aromatic N) is 2. The third-order valence-corrected chi connectivity index (χ3v) is 4.49. The number of nitro benzene ring substituents is 1. The molecule has 0 radical (unpaired) electrons. The lowest BCUT2D eigenvalue weighted by Gasteiger charge is -1.96.